The Balaban J connectivity index is 1.88. The van der Waals surface area contributed by atoms with Gasteiger partial charge in [-0.25, -0.2) is 0 Å². The third-order valence-electron chi connectivity index (χ3n) is 5.28. The van der Waals surface area contributed by atoms with Crippen molar-refractivity contribution in [1.82, 2.24) is 0 Å². The lowest BCUT2D eigenvalue weighted by Crippen LogP contribution is -2.39. The second-order valence-electron chi connectivity index (χ2n) is 7.78. The van der Waals surface area contributed by atoms with Crippen LogP contribution in [0, 0.1) is 0 Å². The highest BCUT2D eigenvalue weighted by Gasteiger charge is 2.38. The number of aliphatic hydroxyl groups excluding tert-OH is 1. The van der Waals surface area contributed by atoms with E-state index in [9.17, 15) is 15.0 Å². The van der Waals surface area contributed by atoms with E-state index in [4.69, 9.17) is 13.9 Å². The molecule has 1 aliphatic heterocycles. The van der Waals surface area contributed by atoms with Crippen molar-refractivity contribution in [2.75, 3.05) is 0 Å². The number of rotatable bonds is 4. The zero-order valence-electron chi connectivity index (χ0n) is 15.1. The van der Waals surface area contributed by atoms with Gasteiger partial charge in [-0.05, 0) is 39.5 Å². The lowest BCUT2D eigenvalue weighted by Gasteiger charge is -2.24. The minimum atomic E-state index is -1.02. The molecule has 1 fully saturated rings. The second-order valence-corrected chi connectivity index (χ2v) is 7.78. The molecule has 1 aromatic heterocycles. The summed E-state index contributed by atoms with van der Waals surface area (Å²) in [6.45, 7) is 3.05. The van der Waals surface area contributed by atoms with E-state index in [1.165, 1.54) is 6.07 Å². The summed E-state index contributed by atoms with van der Waals surface area (Å²) in [6.07, 6.45) is 4.27. The summed E-state index contributed by atoms with van der Waals surface area (Å²) in [5, 5.41) is 20.1. The van der Waals surface area contributed by atoms with Crippen LogP contribution in [-0.2, 0) is 13.0 Å². The van der Waals surface area contributed by atoms with Crippen LogP contribution in [0.4, 0.5) is 0 Å². The van der Waals surface area contributed by atoms with E-state index < -0.39 is 11.7 Å². The van der Waals surface area contributed by atoms with Gasteiger partial charge in [-0.15, -0.1) is 0 Å². The minimum absolute atomic E-state index is 0.0720. The molecule has 1 atom stereocenters. The Morgan fingerprint density at radius 1 is 1.27 bits per heavy atom. The molecule has 140 valence electrons. The molecule has 26 heavy (non-hydrogen) atoms. The first-order valence-electron chi connectivity index (χ1n) is 9.16. The van der Waals surface area contributed by atoms with E-state index in [1.807, 2.05) is 0 Å². The van der Waals surface area contributed by atoms with Gasteiger partial charge >= 0.3 is 0 Å². The topological polar surface area (TPSA) is 89.1 Å². The zero-order valence-corrected chi connectivity index (χ0v) is 15.1. The molecule has 1 aliphatic carbocycles. The maximum absolute atomic E-state index is 12.7. The number of fused-ring (bicyclic) bond motifs is 2. The van der Waals surface area contributed by atoms with Crippen LogP contribution < -0.4 is 14.9 Å². The SMILES string of the molecule is CC(C)(O)[C@@H]1Cc2c(cc3oc(CO)cc(=O)c3c2OC2CCCC2)O1. The van der Waals surface area contributed by atoms with E-state index in [2.05, 4.69) is 0 Å². The lowest BCUT2D eigenvalue weighted by molar-refractivity contribution is -0.0229. The minimum Gasteiger partial charge on any atom is -0.489 e. The molecule has 0 spiro atoms. The van der Waals surface area contributed by atoms with Gasteiger partial charge in [-0.1, -0.05) is 0 Å². The molecule has 2 N–H and O–H groups in total. The predicted octanol–water partition coefficient (Wildman–Crippen LogP) is 2.68. The Morgan fingerprint density at radius 3 is 2.65 bits per heavy atom. The molecule has 2 heterocycles. The van der Waals surface area contributed by atoms with Crippen LogP contribution in [-0.4, -0.2) is 28.0 Å². The van der Waals surface area contributed by atoms with Crippen LogP contribution in [0.1, 0.15) is 50.9 Å². The first kappa shape index (κ1) is 17.4. The molecule has 6 nitrogen and oxygen atoms in total. The number of aliphatic hydroxyl groups is 2. The summed E-state index contributed by atoms with van der Waals surface area (Å²) in [5.74, 6) is 1.27. The molecule has 0 bridgehead atoms. The maximum Gasteiger partial charge on any atom is 0.196 e. The Bertz CT molecular complexity index is 886. The van der Waals surface area contributed by atoms with Gasteiger partial charge in [0.2, 0.25) is 0 Å². The van der Waals surface area contributed by atoms with Crippen molar-refractivity contribution < 1.29 is 24.1 Å². The van der Waals surface area contributed by atoms with Crippen molar-refractivity contribution in [1.29, 1.82) is 0 Å². The fourth-order valence-electron chi connectivity index (χ4n) is 3.81. The third-order valence-corrected chi connectivity index (χ3v) is 5.28. The van der Waals surface area contributed by atoms with Crippen LogP contribution in [0.2, 0.25) is 0 Å². The summed E-state index contributed by atoms with van der Waals surface area (Å²) in [7, 11) is 0. The number of hydrogen-bond donors (Lipinski definition) is 2. The fraction of sp³-hybridized carbons (Fsp3) is 0.550. The highest BCUT2D eigenvalue weighted by molar-refractivity contribution is 5.87. The van der Waals surface area contributed by atoms with Crippen LogP contribution in [0.5, 0.6) is 11.5 Å². The number of benzene rings is 1. The Morgan fingerprint density at radius 2 is 2.00 bits per heavy atom. The quantitative estimate of drug-likeness (QED) is 0.871. The van der Waals surface area contributed by atoms with Crippen molar-refractivity contribution in [2.24, 2.45) is 0 Å². The van der Waals surface area contributed by atoms with Gasteiger partial charge in [-0.3, -0.25) is 4.79 Å². The first-order valence-corrected chi connectivity index (χ1v) is 9.16. The molecule has 6 heteroatoms. The average molecular weight is 360 g/mol. The first-order chi connectivity index (χ1) is 12.4. The normalized spacial score (nSPS) is 20.4. The molecule has 0 radical (unpaired) electrons. The van der Waals surface area contributed by atoms with Crippen molar-refractivity contribution in [3.8, 4) is 11.5 Å². The van der Waals surface area contributed by atoms with E-state index in [0.29, 0.717) is 28.9 Å². The van der Waals surface area contributed by atoms with Crippen molar-refractivity contribution in [3.63, 3.8) is 0 Å². The summed E-state index contributed by atoms with van der Waals surface area (Å²) in [4.78, 5) is 12.7. The second kappa shape index (κ2) is 6.28. The van der Waals surface area contributed by atoms with Crippen molar-refractivity contribution >= 4 is 11.0 Å². The summed E-state index contributed by atoms with van der Waals surface area (Å²) >= 11 is 0. The molecule has 0 saturated heterocycles. The van der Waals surface area contributed by atoms with Gasteiger partial charge in [0, 0.05) is 24.1 Å². The number of hydrogen-bond acceptors (Lipinski definition) is 6. The highest BCUT2D eigenvalue weighted by Crippen LogP contribution is 2.44. The molecule has 1 aromatic carbocycles. The molecule has 0 amide bonds. The molecule has 0 unspecified atom stereocenters. The molecule has 2 aromatic rings. The maximum atomic E-state index is 12.7. The predicted molar refractivity (Wildman–Crippen MR) is 95.7 cm³/mol. The summed E-state index contributed by atoms with van der Waals surface area (Å²) < 4.78 is 17.9. The van der Waals surface area contributed by atoms with Crippen LogP contribution in [0.15, 0.2) is 21.3 Å². The van der Waals surface area contributed by atoms with Gasteiger partial charge < -0.3 is 24.1 Å². The highest BCUT2D eigenvalue weighted by atomic mass is 16.5. The van der Waals surface area contributed by atoms with Gasteiger partial charge in [0.05, 0.1) is 11.7 Å². The molecule has 2 aliphatic rings. The smallest absolute Gasteiger partial charge is 0.196 e. The van der Waals surface area contributed by atoms with Gasteiger partial charge in [0.1, 0.15) is 40.9 Å². The van der Waals surface area contributed by atoms with Gasteiger partial charge in [0.15, 0.2) is 5.43 Å². The zero-order chi connectivity index (χ0) is 18.5. The summed E-state index contributed by atoms with van der Waals surface area (Å²) in [5.41, 5.74) is -0.119. The Labute approximate surface area is 151 Å². The van der Waals surface area contributed by atoms with Gasteiger partial charge in [0.25, 0.3) is 0 Å². The van der Waals surface area contributed by atoms with E-state index in [1.54, 1.807) is 19.9 Å². The van der Waals surface area contributed by atoms with E-state index >= 15 is 0 Å². The fourth-order valence-corrected chi connectivity index (χ4v) is 3.81. The van der Waals surface area contributed by atoms with Crippen molar-refractivity contribution in [3.05, 3.63) is 33.7 Å². The Kier molecular flexibility index (Phi) is 4.20. The molecule has 1 saturated carbocycles. The van der Waals surface area contributed by atoms with E-state index in [0.717, 1.165) is 31.2 Å². The largest absolute Gasteiger partial charge is 0.489 e. The third kappa shape index (κ3) is 2.97. The lowest BCUT2D eigenvalue weighted by atomic mass is 9.96. The standard InChI is InChI=1S/C20H24O6/c1-20(2,23)17-8-13-15(26-17)9-16-18(14(22)7-12(10-21)24-16)19(13)25-11-5-3-4-6-11/h7,9,11,17,21,23H,3-6,8,10H2,1-2H3/t17-/m0/s1. The van der Waals surface area contributed by atoms with Crippen LogP contribution in [0.25, 0.3) is 11.0 Å². The van der Waals surface area contributed by atoms with Crippen LogP contribution in [0.3, 0.4) is 0 Å². The molecular weight excluding hydrogens is 336 g/mol. The van der Waals surface area contributed by atoms with Crippen molar-refractivity contribution in [2.45, 2.75) is 70.4 Å². The average Bonchev–Trinajstić information content (AvgIpc) is 3.22. The molecule has 4 rings (SSSR count). The van der Waals surface area contributed by atoms with E-state index in [-0.39, 0.29) is 23.9 Å². The Hall–Kier alpha value is -2.05. The number of ether oxygens (including phenoxy) is 2. The van der Waals surface area contributed by atoms with Crippen LogP contribution >= 0.6 is 0 Å². The molecular formula is C20H24O6. The summed E-state index contributed by atoms with van der Waals surface area (Å²) in [6, 6.07) is 2.97. The monoisotopic (exact) mass is 360 g/mol. The van der Waals surface area contributed by atoms with Gasteiger partial charge in [-0.2, -0.15) is 0 Å².